The van der Waals surface area contributed by atoms with E-state index in [1.165, 1.54) is 31.2 Å². The van der Waals surface area contributed by atoms with E-state index in [4.69, 9.17) is 15.7 Å². The summed E-state index contributed by atoms with van der Waals surface area (Å²) in [6.45, 7) is -4.95. The Balaban J connectivity index is 1.66. The van der Waals surface area contributed by atoms with Crippen molar-refractivity contribution in [1.82, 2.24) is 25.8 Å². The van der Waals surface area contributed by atoms with E-state index in [0.717, 1.165) is 18.3 Å². The van der Waals surface area contributed by atoms with Crippen molar-refractivity contribution in [2.75, 3.05) is 13.5 Å². The third-order valence-electron chi connectivity index (χ3n) is 5.49. The number of rotatable bonds is 8. The molecular formula is C26H23F4N5O4. The van der Waals surface area contributed by atoms with Gasteiger partial charge in [-0.1, -0.05) is 6.07 Å². The number of alkyl halides is 3. The smallest absolute Gasteiger partial charge is 0.480 e. The quantitative estimate of drug-likeness (QED) is 0.267. The number of hydrogen-bond donors (Lipinski definition) is 3. The molecule has 39 heavy (non-hydrogen) atoms. The first-order valence-electron chi connectivity index (χ1n) is 14.9. The lowest BCUT2D eigenvalue weighted by Gasteiger charge is -2.18. The van der Waals surface area contributed by atoms with Crippen molar-refractivity contribution in [1.29, 1.82) is 0 Å². The predicted molar refractivity (Wildman–Crippen MR) is 133 cm³/mol. The Kier molecular flexibility index (Phi) is 5.22. The fraction of sp³-hybridized carbons (Fsp3) is 0.231. The molecule has 204 valence electrons. The van der Waals surface area contributed by atoms with Crippen LogP contribution in [0.1, 0.15) is 57.2 Å². The van der Waals surface area contributed by atoms with E-state index in [1.54, 1.807) is 5.32 Å². The summed E-state index contributed by atoms with van der Waals surface area (Å²) in [7, 11) is -3.05. The largest absolute Gasteiger partial charge is 0.573 e. The molecule has 13 heteroatoms. The van der Waals surface area contributed by atoms with Crippen LogP contribution in [0.2, 0.25) is 0 Å². The number of hydrogen-bond acceptors (Lipinski definition) is 6. The average Bonchev–Trinajstić information content (AvgIpc) is 3.35. The molecule has 4 aromatic rings. The number of pyridine rings is 1. The fourth-order valence-electron chi connectivity index (χ4n) is 3.75. The van der Waals surface area contributed by atoms with Gasteiger partial charge in [0.25, 0.3) is 11.8 Å². The van der Waals surface area contributed by atoms with Crippen molar-refractivity contribution >= 4 is 22.7 Å². The van der Waals surface area contributed by atoms with Gasteiger partial charge in [0.15, 0.2) is 5.69 Å². The van der Waals surface area contributed by atoms with E-state index in [2.05, 4.69) is 25.2 Å². The molecule has 0 radical (unpaired) electrons. The molecule has 3 N–H and O–H groups in total. The van der Waals surface area contributed by atoms with Crippen molar-refractivity contribution in [3.8, 4) is 22.8 Å². The van der Waals surface area contributed by atoms with E-state index in [9.17, 15) is 27.2 Å². The molecule has 2 aromatic carbocycles. The molecule has 9 nitrogen and oxygen atoms in total. The number of ether oxygens (including phenoxy) is 2. The number of benzene rings is 2. The number of aromatic amines is 1. The van der Waals surface area contributed by atoms with Crippen LogP contribution in [0.25, 0.3) is 22.0 Å². The number of carbonyl (C=O) groups is 2. The first-order valence-corrected chi connectivity index (χ1v) is 10.9. The van der Waals surface area contributed by atoms with Gasteiger partial charge in [0.1, 0.15) is 17.1 Å². The molecule has 0 aliphatic heterocycles. The molecule has 0 fully saturated rings. The second-order valence-electron chi connectivity index (χ2n) is 8.02. The van der Waals surface area contributed by atoms with Gasteiger partial charge >= 0.3 is 6.36 Å². The summed E-state index contributed by atoms with van der Waals surface area (Å²) in [5, 5.41) is 10.7. The van der Waals surface area contributed by atoms with E-state index >= 15 is 0 Å². The molecule has 0 unspecified atom stereocenters. The molecule has 0 saturated carbocycles. The summed E-state index contributed by atoms with van der Waals surface area (Å²) >= 11 is 0. The minimum Gasteiger partial charge on any atom is -0.480 e. The minimum atomic E-state index is -5.06. The van der Waals surface area contributed by atoms with Crippen LogP contribution >= 0.6 is 0 Å². The summed E-state index contributed by atoms with van der Waals surface area (Å²) in [4.78, 5) is 29.9. The van der Waals surface area contributed by atoms with Gasteiger partial charge < -0.3 is 20.1 Å². The highest BCUT2D eigenvalue weighted by atomic mass is 19.4. The van der Waals surface area contributed by atoms with Crippen molar-refractivity contribution < 1.29 is 47.6 Å². The zero-order chi connectivity index (χ0) is 35.1. The molecule has 2 heterocycles. The maximum absolute atomic E-state index is 14.5. The van der Waals surface area contributed by atoms with Crippen LogP contribution in [0.15, 0.2) is 48.7 Å². The van der Waals surface area contributed by atoms with Crippen LogP contribution in [0.3, 0.4) is 0 Å². The summed E-state index contributed by atoms with van der Waals surface area (Å²) in [6.07, 6.45) is -3.90. The van der Waals surface area contributed by atoms with Crippen LogP contribution in [-0.2, 0) is 0 Å². The van der Waals surface area contributed by atoms with Crippen molar-refractivity contribution in [2.24, 2.45) is 0 Å². The first-order chi connectivity index (χ1) is 21.5. The number of aromatic nitrogens is 3. The fourth-order valence-corrected chi connectivity index (χ4v) is 3.75. The maximum Gasteiger partial charge on any atom is 0.573 e. The van der Waals surface area contributed by atoms with Gasteiger partial charge in [-0.05, 0) is 55.7 Å². The lowest BCUT2D eigenvalue weighted by Crippen LogP contribution is -2.28. The molecule has 0 spiro atoms. The van der Waals surface area contributed by atoms with Gasteiger partial charge in [-0.3, -0.25) is 14.7 Å². The summed E-state index contributed by atoms with van der Waals surface area (Å²) in [5.74, 6) is -4.49. The summed E-state index contributed by atoms with van der Waals surface area (Å²) in [5.41, 5.74) is -0.367. The number of H-pyrrole nitrogens is 1. The molecule has 0 saturated heterocycles. The molecule has 0 aliphatic rings. The Labute approximate surface area is 230 Å². The molecular weight excluding hydrogens is 522 g/mol. The Morgan fingerprint density at radius 1 is 1.15 bits per heavy atom. The standard InChI is InChI=1S/C26H23F4N5O4/c1-4-31-24(37)22-17-7-5-14(10-21(17)34-35-22)15-9-19(25(38-3)32-12-15)23(36)33-13(2)18-11-16(6-8-20(18)27)39-26(28,29)30/h5-13H,4H2,1-3H3,(H,31,37)(H,33,36)(H,34,35)/t13-/m0/s1/i1D3,3D3,4D2. The lowest BCUT2D eigenvalue weighted by molar-refractivity contribution is -0.274. The number of nitrogens with zero attached hydrogens (tertiary/aromatic N) is 2. The van der Waals surface area contributed by atoms with Gasteiger partial charge in [-0.15, -0.1) is 13.2 Å². The van der Waals surface area contributed by atoms with Gasteiger partial charge in [-0.25, -0.2) is 9.37 Å². The SMILES string of the molecule is [2H]C([2H])([2H])Oc1ncc(-c2ccc3c(C(=O)NC([2H])([2H])C([2H])([2H])[2H])n[nH]c3c2)cc1C(=O)N[C@@H](C)c1cc(OC(F)(F)F)ccc1F. The van der Waals surface area contributed by atoms with Gasteiger partial charge in [0.05, 0.1) is 22.7 Å². The Morgan fingerprint density at radius 2 is 1.97 bits per heavy atom. The van der Waals surface area contributed by atoms with Crippen LogP contribution in [0, 0.1) is 5.82 Å². The van der Waals surface area contributed by atoms with Crippen LogP contribution < -0.4 is 20.1 Å². The molecule has 0 aliphatic carbocycles. The monoisotopic (exact) mass is 553 g/mol. The van der Waals surface area contributed by atoms with Gasteiger partial charge in [0, 0.05) is 36.1 Å². The second kappa shape index (κ2) is 11.0. The number of fused-ring (bicyclic) bond motifs is 1. The summed E-state index contributed by atoms with van der Waals surface area (Å²) < 4.78 is 121. The first kappa shape index (κ1) is 18.6. The Bertz CT molecular complexity index is 1830. The van der Waals surface area contributed by atoms with Crippen molar-refractivity contribution in [3.05, 3.63) is 71.3 Å². The minimum absolute atomic E-state index is 0.174. The molecule has 1 atom stereocenters. The molecule has 2 amide bonds. The van der Waals surface area contributed by atoms with E-state index in [0.29, 0.717) is 11.6 Å². The highest BCUT2D eigenvalue weighted by Gasteiger charge is 2.31. The third-order valence-corrected chi connectivity index (χ3v) is 5.49. The summed E-state index contributed by atoms with van der Waals surface area (Å²) in [6, 6.07) is 6.42. The predicted octanol–water partition coefficient (Wildman–Crippen LogP) is 4.91. The Hall–Kier alpha value is -4.68. The number of methoxy groups -OCH3 is 1. The number of amides is 2. The third kappa shape index (κ3) is 6.08. The molecule has 4 rings (SSSR count). The van der Waals surface area contributed by atoms with Crippen LogP contribution in [0.4, 0.5) is 17.6 Å². The van der Waals surface area contributed by atoms with Crippen molar-refractivity contribution in [3.63, 3.8) is 0 Å². The van der Waals surface area contributed by atoms with E-state index in [1.807, 2.05) is 0 Å². The van der Waals surface area contributed by atoms with Gasteiger partial charge in [0.2, 0.25) is 5.88 Å². The molecule has 0 bridgehead atoms. The van der Waals surface area contributed by atoms with Crippen LogP contribution in [0.5, 0.6) is 11.6 Å². The maximum atomic E-state index is 14.5. The number of carbonyl (C=O) groups excluding carboxylic acids is 2. The van der Waals surface area contributed by atoms with E-state index in [-0.39, 0.29) is 27.7 Å². The topological polar surface area (TPSA) is 118 Å². The number of nitrogens with one attached hydrogen (secondary N) is 3. The van der Waals surface area contributed by atoms with Gasteiger partial charge in [-0.2, -0.15) is 5.10 Å². The highest BCUT2D eigenvalue weighted by Crippen LogP contribution is 2.30. The van der Waals surface area contributed by atoms with Crippen LogP contribution in [-0.4, -0.2) is 46.9 Å². The lowest BCUT2D eigenvalue weighted by atomic mass is 10.0. The average molecular weight is 554 g/mol. The zero-order valence-electron chi connectivity index (χ0n) is 27.7. The molecule has 2 aromatic heterocycles. The normalized spacial score (nSPS) is 16.2. The number of halogens is 4. The van der Waals surface area contributed by atoms with E-state index < -0.39 is 67.6 Å². The Morgan fingerprint density at radius 3 is 2.72 bits per heavy atom. The second-order valence-corrected chi connectivity index (χ2v) is 8.02. The highest BCUT2D eigenvalue weighted by molar-refractivity contribution is 6.05. The zero-order valence-corrected chi connectivity index (χ0v) is 19.7. The van der Waals surface area contributed by atoms with Crippen molar-refractivity contribution in [2.45, 2.75) is 26.2 Å².